The molecular weight excluding hydrogens is 557 g/mol. The second kappa shape index (κ2) is 11.5. The fourth-order valence-corrected chi connectivity index (χ4v) is 7.76. The van der Waals surface area contributed by atoms with Crippen LogP contribution >= 0.6 is 34.9 Å². The number of methoxy groups -OCH3 is 2. The minimum atomic E-state index is -4.30. The summed E-state index contributed by atoms with van der Waals surface area (Å²) >= 11 is 4.82. The lowest BCUT2D eigenvalue weighted by Gasteiger charge is -2.26. The van der Waals surface area contributed by atoms with E-state index in [1.807, 2.05) is 24.3 Å². The van der Waals surface area contributed by atoms with Gasteiger partial charge in [-0.25, -0.2) is 18.4 Å². The number of esters is 2. The van der Waals surface area contributed by atoms with Crippen LogP contribution in [-0.4, -0.2) is 39.4 Å². The Hall–Kier alpha value is -2.17. The van der Waals surface area contributed by atoms with E-state index in [1.54, 1.807) is 0 Å². The largest absolute Gasteiger partial charge is 0.467 e. The summed E-state index contributed by atoms with van der Waals surface area (Å²) in [6, 6.07) is 10.7. The smallest absolute Gasteiger partial charge is 0.340 e. The first-order valence-corrected chi connectivity index (χ1v) is 13.0. The fourth-order valence-electron chi connectivity index (χ4n) is 3.11. The van der Waals surface area contributed by atoms with Gasteiger partial charge in [0.1, 0.15) is 5.66 Å². The molecule has 2 aromatic carbocycles. The molecule has 0 N–H and O–H groups in total. The fraction of sp³-hybridized carbons (Fsp3) is 0.273. The third-order valence-electron chi connectivity index (χ3n) is 4.84. The first-order chi connectivity index (χ1) is 16.2. The van der Waals surface area contributed by atoms with Crippen LogP contribution in [0.5, 0.6) is 0 Å². The molecule has 0 bridgehead atoms. The van der Waals surface area contributed by atoms with E-state index in [4.69, 9.17) is 9.05 Å². The SMILES string of the molecule is COC(=O)COP(=O)(OCC(=O)OC)C(Cc1ccc(F)c(F)c1)c1sc2ccccc2c1Br. The first kappa shape index (κ1) is 26.4. The molecule has 0 saturated heterocycles. The summed E-state index contributed by atoms with van der Waals surface area (Å²) in [6.45, 7) is -1.43. The Balaban J connectivity index is 2.12. The summed E-state index contributed by atoms with van der Waals surface area (Å²) in [5.74, 6) is -3.74. The maximum absolute atomic E-state index is 14.1. The van der Waals surface area contributed by atoms with Crippen molar-refractivity contribution in [2.45, 2.75) is 12.1 Å². The number of hydrogen-bond donors (Lipinski definition) is 0. The lowest BCUT2D eigenvalue weighted by molar-refractivity contribution is -0.143. The maximum Gasteiger partial charge on any atom is 0.340 e. The topological polar surface area (TPSA) is 88.1 Å². The molecule has 3 aromatic rings. The number of carbonyl (C=O) groups is 2. The number of benzene rings is 2. The van der Waals surface area contributed by atoms with Crippen LogP contribution in [0.15, 0.2) is 46.9 Å². The van der Waals surface area contributed by atoms with E-state index in [9.17, 15) is 22.9 Å². The van der Waals surface area contributed by atoms with Gasteiger partial charge in [-0.3, -0.25) is 13.6 Å². The van der Waals surface area contributed by atoms with Crippen molar-refractivity contribution in [1.82, 2.24) is 0 Å². The Morgan fingerprint density at radius 2 is 1.62 bits per heavy atom. The third-order valence-corrected chi connectivity index (χ3v) is 9.60. The monoisotopic (exact) mass is 576 g/mol. The molecule has 182 valence electrons. The van der Waals surface area contributed by atoms with Gasteiger partial charge in [-0.05, 0) is 46.1 Å². The van der Waals surface area contributed by atoms with Crippen molar-refractivity contribution in [3.63, 3.8) is 0 Å². The second-order valence-electron chi connectivity index (χ2n) is 6.98. The number of halogens is 3. The van der Waals surface area contributed by atoms with Crippen LogP contribution < -0.4 is 0 Å². The summed E-state index contributed by atoms with van der Waals surface area (Å²) < 4.78 is 63.0. The molecule has 12 heteroatoms. The quantitative estimate of drug-likeness (QED) is 0.223. The van der Waals surface area contributed by atoms with Crippen LogP contribution in [0.3, 0.4) is 0 Å². The minimum Gasteiger partial charge on any atom is -0.467 e. The Bertz CT molecular complexity index is 1230. The first-order valence-electron chi connectivity index (χ1n) is 9.81. The van der Waals surface area contributed by atoms with Crippen molar-refractivity contribution < 1.29 is 41.5 Å². The van der Waals surface area contributed by atoms with Crippen molar-refractivity contribution in [1.29, 1.82) is 0 Å². The molecule has 0 amide bonds. The maximum atomic E-state index is 14.1. The van der Waals surface area contributed by atoms with E-state index in [0.29, 0.717) is 14.9 Å². The molecule has 0 radical (unpaired) electrons. The van der Waals surface area contributed by atoms with Crippen LogP contribution in [0.2, 0.25) is 0 Å². The Morgan fingerprint density at radius 3 is 2.18 bits per heavy atom. The average molecular weight is 577 g/mol. The molecular formula is C22H20BrF2O7PS. The Morgan fingerprint density at radius 1 is 1.00 bits per heavy atom. The molecule has 0 fully saturated rings. The van der Waals surface area contributed by atoms with Gasteiger partial charge in [0.2, 0.25) is 0 Å². The zero-order chi connectivity index (χ0) is 24.9. The standard InChI is InChI=1S/C22H20BrF2O7PS/c1-29-19(26)11-31-33(28,32-12-20(27)30-2)17(10-13-7-8-15(24)16(25)9-13)22-21(23)14-5-3-4-6-18(14)34-22/h3-9,17H,10-12H2,1-2H3. The van der Waals surface area contributed by atoms with Gasteiger partial charge in [0.25, 0.3) is 0 Å². The van der Waals surface area contributed by atoms with E-state index in [0.717, 1.165) is 36.4 Å². The molecule has 1 aromatic heterocycles. The molecule has 3 rings (SSSR count). The molecule has 34 heavy (non-hydrogen) atoms. The predicted octanol–water partition coefficient (Wildman–Crippen LogP) is 5.80. The lowest BCUT2D eigenvalue weighted by Crippen LogP contribution is -2.17. The van der Waals surface area contributed by atoms with Gasteiger partial charge in [-0.2, -0.15) is 0 Å². The number of rotatable bonds is 10. The third kappa shape index (κ3) is 6.09. The zero-order valence-electron chi connectivity index (χ0n) is 18.1. The van der Waals surface area contributed by atoms with Gasteiger partial charge in [0, 0.05) is 19.4 Å². The summed E-state index contributed by atoms with van der Waals surface area (Å²) in [5, 5.41) is 0.824. The number of thiophene rings is 1. The minimum absolute atomic E-state index is 0.109. The normalized spacial score (nSPS) is 12.5. The Kier molecular flexibility index (Phi) is 8.95. The number of carbonyl (C=O) groups excluding carboxylic acids is 2. The van der Waals surface area contributed by atoms with Crippen molar-refractivity contribution in [3.05, 3.63) is 69.0 Å². The molecule has 0 aliphatic rings. The summed E-state index contributed by atoms with van der Waals surface area (Å²) in [7, 11) is -2.03. The average Bonchev–Trinajstić information content (AvgIpc) is 3.17. The highest BCUT2D eigenvalue weighted by Crippen LogP contribution is 2.64. The number of hydrogen-bond acceptors (Lipinski definition) is 8. The van der Waals surface area contributed by atoms with Gasteiger partial charge in [0.05, 0.1) is 14.2 Å². The molecule has 7 nitrogen and oxygen atoms in total. The highest BCUT2D eigenvalue weighted by molar-refractivity contribution is 9.10. The van der Waals surface area contributed by atoms with E-state index >= 15 is 0 Å². The van der Waals surface area contributed by atoms with Crippen LogP contribution in [0.25, 0.3) is 10.1 Å². The molecule has 0 spiro atoms. The molecule has 0 saturated carbocycles. The van der Waals surface area contributed by atoms with Gasteiger partial charge in [-0.1, -0.05) is 24.3 Å². The Labute approximate surface area is 206 Å². The van der Waals surface area contributed by atoms with Gasteiger partial charge in [0.15, 0.2) is 24.8 Å². The highest BCUT2D eigenvalue weighted by Gasteiger charge is 2.41. The summed E-state index contributed by atoms with van der Waals surface area (Å²) in [5.41, 5.74) is -0.782. The summed E-state index contributed by atoms with van der Waals surface area (Å²) in [6.07, 6.45) is -0.109. The zero-order valence-corrected chi connectivity index (χ0v) is 21.4. The van der Waals surface area contributed by atoms with Crippen LogP contribution in [-0.2, 0) is 39.1 Å². The van der Waals surface area contributed by atoms with Crippen LogP contribution in [0.4, 0.5) is 8.78 Å². The van der Waals surface area contributed by atoms with Crippen molar-refractivity contribution in [3.8, 4) is 0 Å². The number of fused-ring (bicyclic) bond motifs is 1. The predicted molar refractivity (Wildman–Crippen MR) is 126 cm³/mol. The van der Waals surface area contributed by atoms with E-state index in [2.05, 4.69) is 25.4 Å². The van der Waals surface area contributed by atoms with Gasteiger partial charge >= 0.3 is 19.5 Å². The van der Waals surface area contributed by atoms with Crippen LogP contribution in [0.1, 0.15) is 16.1 Å². The van der Waals surface area contributed by atoms with Gasteiger partial charge in [-0.15, -0.1) is 11.3 Å². The van der Waals surface area contributed by atoms with E-state index in [-0.39, 0.29) is 6.42 Å². The molecule has 1 unspecified atom stereocenters. The highest BCUT2D eigenvalue weighted by atomic mass is 79.9. The van der Waals surface area contributed by atoms with Gasteiger partial charge < -0.3 is 9.47 Å². The van der Waals surface area contributed by atoms with E-state index < -0.39 is 50.0 Å². The van der Waals surface area contributed by atoms with E-state index in [1.165, 1.54) is 17.4 Å². The number of ether oxygens (including phenoxy) is 2. The van der Waals surface area contributed by atoms with Crippen molar-refractivity contribution >= 4 is 56.9 Å². The van der Waals surface area contributed by atoms with Crippen molar-refractivity contribution in [2.75, 3.05) is 27.4 Å². The second-order valence-corrected chi connectivity index (χ2v) is 11.1. The molecule has 0 aliphatic heterocycles. The van der Waals surface area contributed by atoms with Crippen LogP contribution in [0, 0.1) is 11.6 Å². The molecule has 1 atom stereocenters. The lowest BCUT2D eigenvalue weighted by atomic mass is 10.1. The summed E-state index contributed by atoms with van der Waals surface area (Å²) in [4.78, 5) is 24.0. The van der Waals surface area contributed by atoms with Crippen molar-refractivity contribution in [2.24, 2.45) is 0 Å². The molecule has 0 aliphatic carbocycles. The molecule has 1 heterocycles.